The summed E-state index contributed by atoms with van der Waals surface area (Å²) in [4.78, 5) is 19.6. The van der Waals surface area contributed by atoms with Crippen molar-refractivity contribution in [3.05, 3.63) is 23.4 Å². The van der Waals surface area contributed by atoms with Gasteiger partial charge in [0.15, 0.2) is 0 Å². The maximum Gasteiger partial charge on any atom is 0.226 e. The van der Waals surface area contributed by atoms with Gasteiger partial charge in [0.25, 0.3) is 0 Å². The van der Waals surface area contributed by atoms with Crippen molar-refractivity contribution in [1.82, 2.24) is 20.4 Å². The zero-order valence-electron chi connectivity index (χ0n) is 13.7. The number of halogens is 1. The van der Waals surface area contributed by atoms with Crippen molar-refractivity contribution in [3.63, 3.8) is 0 Å². The van der Waals surface area contributed by atoms with Crippen molar-refractivity contribution in [2.75, 3.05) is 26.7 Å². The average molecular weight is 371 g/mol. The standard InChI is InChI=1S/C16H22N4O2S.ClH/c1-17-10-12-7-8-20(11-12)15(21)6-2-5-14-18-16(19-22-14)13-4-3-9-23-13;/h3-4,9,12,17H,2,5-8,10-11H2,1H3;1H. The van der Waals surface area contributed by atoms with Gasteiger partial charge in [-0.25, -0.2) is 0 Å². The van der Waals surface area contributed by atoms with Gasteiger partial charge in [-0.1, -0.05) is 11.2 Å². The van der Waals surface area contributed by atoms with E-state index < -0.39 is 0 Å². The molecule has 6 nitrogen and oxygen atoms in total. The van der Waals surface area contributed by atoms with Gasteiger partial charge in [0, 0.05) is 25.9 Å². The maximum absolute atomic E-state index is 12.2. The Bertz CT molecular complexity index is 632. The number of likely N-dealkylation sites (tertiary alicyclic amines) is 1. The van der Waals surface area contributed by atoms with Gasteiger partial charge in [-0.2, -0.15) is 4.98 Å². The highest BCUT2D eigenvalue weighted by Gasteiger charge is 2.25. The first kappa shape index (κ1) is 18.9. The van der Waals surface area contributed by atoms with Crippen molar-refractivity contribution in [1.29, 1.82) is 0 Å². The second kappa shape index (κ2) is 9.15. The summed E-state index contributed by atoms with van der Waals surface area (Å²) in [7, 11) is 1.96. The minimum atomic E-state index is 0. The number of hydrogen-bond acceptors (Lipinski definition) is 6. The molecule has 0 aromatic carbocycles. The third-order valence-corrected chi connectivity index (χ3v) is 4.99. The summed E-state index contributed by atoms with van der Waals surface area (Å²) in [6, 6.07) is 3.93. The Morgan fingerprint density at radius 3 is 3.17 bits per heavy atom. The molecule has 0 radical (unpaired) electrons. The molecule has 24 heavy (non-hydrogen) atoms. The third kappa shape index (κ3) is 4.78. The Hall–Kier alpha value is -1.44. The molecule has 1 unspecified atom stereocenters. The lowest BCUT2D eigenvalue weighted by Crippen LogP contribution is -2.30. The first-order valence-corrected chi connectivity index (χ1v) is 8.93. The highest BCUT2D eigenvalue weighted by atomic mass is 35.5. The molecule has 0 spiro atoms. The lowest BCUT2D eigenvalue weighted by Gasteiger charge is -2.16. The summed E-state index contributed by atoms with van der Waals surface area (Å²) in [5.74, 6) is 2.07. The summed E-state index contributed by atoms with van der Waals surface area (Å²) in [5.41, 5.74) is 0. The highest BCUT2D eigenvalue weighted by molar-refractivity contribution is 7.13. The molecule has 2 aromatic heterocycles. The Kier molecular flexibility index (Phi) is 7.20. The van der Waals surface area contributed by atoms with Gasteiger partial charge in [0.05, 0.1) is 4.88 Å². The number of carbonyl (C=O) groups excluding carboxylic acids is 1. The first-order valence-electron chi connectivity index (χ1n) is 8.05. The number of thiophene rings is 1. The van der Waals surface area contributed by atoms with Crippen molar-refractivity contribution in [2.24, 2.45) is 5.92 Å². The van der Waals surface area contributed by atoms with E-state index in [1.165, 1.54) is 0 Å². The van der Waals surface area contributed by atoms with E-state index in [-0.39, 0.29) is 18.3 Å². The quantitative estimate of drug-likeness (QED) is 0.811. The van der Waals surface area contributed by atoms with E-state index in [1.807, 2.05) is 29.5 Å². The van der Waals surface area contributed by atoms with Crippen LogP contribution in [0.3, 0.4) is 0 Å². The van der Waals surface area contributed by atoms with Crippen LogP contribution < -0.4 is 5.32 Å². The molecule has 3 rings (SSSR count). The fraction of sp³-hybridized carbons (Fsp3) is 0.562. The van der Waals surface area contributed by atoms with Gasteiger partial charge in [-0.15, -0.1) is 23.7 Å². The molecule has 1 N–H and O–H groups in total. The number of aromatic nitrogens is 2. The predicted molar refractivity (Wildman–Crippen MR) is 96.4 cm³/mol. The molecular formula is C16H23ClN4O2S. The average Bonchev–Trinajstić information content (AvgIpc) is 3.28. The molecular weight excluding hydrogens is 348 g/mol. The minimum Gasteiger partial charge on any atom is -0.342 e. The van der Waals surface area contributed by atoms with E-state index in [9.17, 15) is 4.79 Å². The number of nitrogens with one attached hydrogen (secondary N) is 1. The first-order chi connectivity index (χ1) is 11.3. The molecule has 1 saturated heterocycles. The highest BCUT2D eigenvalue weighted by Crippen LogP contribution is 2.22. The van der Waals surface area contributed by atoms with Gasteiger partial charge in [0.1, 0.15) is 0 Å². The number of nitrogens with zero attached hydrogens (tertiary/aromatic N) is 3. The van der Waals surface area contributed by atoms with Crippen LogP contribution >= 0.6 is 23.7 Å². The van der Waals surface area contributed by atoms with Crippen molar-refractivity contribution in [3.8, 4) is 10.7 Å². The molecule has 132 valence electrons. The molecule has 1 fully saturated rings. The molecule has 0 saturated carbocycles. The largest absolute Gasteiger partial charge is 0.342 e. The molecule has 1 aliphatic rings. The molecule has 3 heterocycles. The second-order valence-corrected chi connectivity index (χ2v) is 6.84. The smallest absolute Gasteiger partial charge is 0.226 e. The van der Waals surface area contributed by atoms with Crippen LogP contribution in [0.2, 0.25) is 0 Å². The number of carbonyl (C=O) groups is 1. The number of hydrogen-bond donors (Lipinski definition) is 1. The fourth-order valence-electron chi connectivity index (χ4n) is 2.93. The van der Waals surface area contributed by atoms with E-state index in [4.69, 9.17) is 4.52 Å². The summed E-state index contributed by atoms with van der Waals surface area (Å²) in [6.07, 6.45) is 3.04. The van der Waals surface area contributed by atoms with Crippen molar-refractivity contribution < 1.29 is 9.32 Å². The molecule has 1 aliphatic heterocycles. The molecule has 1 amide bonds. The summed E-state index contributed by atoms with van der Waals surface area (Å²) < 4.78 is 5.26. The van der Waals surface area contributed by atoms with Crippen LogP contribution in [0, 0.1) is 5.92 Å². The van der Waals surface area contributed by atoms with Gasteiger partial charge in [-0.05, 0) is 43.8 Å². The van der Waals surface area contributed by atoms with Gasteiger partial charge < -0.3 is 14.7 Å². The molecule has 0 bridgehead atoms. The van der Waals surface area contributed by atoms with E-state index in [1.54, 1.807) is 11.3 Å². The van der Waals surface area contributed by atoms with Crippen LogP contribution in [0.5, 0.6) is 0 Å². The Morgan fingerprint density at radius 1 is 1.54 bits per heavy atom. The monoisotopic (exact) mass is 370 g/mol. The van der Waals surface area contributed by atoms with Crippen LogP contribution in [0.4, 0.5) is 0 Å². The summed E-state index contributed by atoms with van der Waals surface area (Å²) >= 11 is 1.59. The normalized spacial score (nSPS) is 17.0. The van der Waals surface area contributed by atoms with Crippen LogP contribution in [0.15, 0.2) is 22.0 Å². The maximum atomic E-state index is 12.2. The zero-order chi connectivity index (χ0) is 16.1. The van der Waals surface area contributed by atoms with Crippen LogP contribution in [0.1, 0.15) is 25.2 Å². The van der Waals surface area contributed by atoms with Gasteiger partial charge in [-0.3, -0.25) is 4.79 Å². The lowest BCUT2D eigenvalue weighted by molar-refractivity contribution is -0.130. The van der Waals surface area contributed by atoms with E-state index >= 15 is 0 Å². The minimum absolute atomic E-state index is 0. The van der Waals surface area contributed by atoms with E-state index in [2.05, 4.69) is 15.5 Å². The van der Waals surface area contributed by atoms with Crippen LogP contribution in [-0.4, -0.2) is 47.6 Å². The SMILES string of the molecule is CNCC1CCN(C(=O)CCCc2nc(-c3cccs3)no2)C1.Cl. The molecule has 1 atom stereocenters. The Morgan fingerprint density at radius 2 is 2.42 bits per heavy atom. The Balaban J connectivity index is 0.00000208. The number of aryl methyl sites for hydroxylation is 1. The van der Waals surface area contributed by atoms with Crippen LogP contribution in [-0.2, 0) is 11.2 Å². The van der Waals surface area contributed by atoms with Gasteiger partial charge >= 0.3 is 0 Å². The summed E-state index contributed by atoms with van der Waals surface area (Å²) in [5, 5.41) is 9.16. The second-order valence-electron chi connectivity index (χ2n) is 5.89. The third-order valence-electron chi connectivity index (χ3n) is 4.12. The Labute approximate surface area is 152 Å². The van der Waals surface area contributed by atoms with E-state index in [0.717, 1.165) is 37.4 Å². The van der Waals surface area contributed by atoms with Crippen LogP contribution in [0.25, 0.3) is 10.7 Å². The lowest BCUT2D eigenvalue weighted by atomic mass is 10.1. The molecule has 0 aliphatic carbocycles. The summed E-state index contributed by atoms with van der Waals surface area (Å²) in [6.45, 7) is 2.74. The van der Waals surface area contributed by atoms with Crippen molar-refractivity contribution in [2.45, 2.75) is 25.7 Å². The molecule has 8 heteroatoms. The predicted octanol–water partition coefficient (Wildman–Crippen LogP) is 2.61. The molecule has 2 aromatic rings. The number of rotatable bonds is 7. The van der Waals surface area contributed by atoms with Gasteiger partial charge in [0.2, 0.25) is 17.6 Å². The topological polar surface area (TPSA) is 71.3 Å². The van der Waals surface area contributed by atoms with E-state index in [0.29, 0.717) is 30.5 Å². The number of amides is 1. The fourth-order valence-corrected chi connectivity index (χ4v) is 3.57. The zero-order valence-corrected chi connectivity index (χ0v) is 15.4. The van der Waals surface area contributed by atoms with Crippen molar-refractivity contribution >= 4 is 29.7 Å².